The van der Waals surface area contributed by atoms with E-state index in [0.717, 1.165) is 23.7 Å². The molecule has 1 nitrogen and oxygen atoms in total. The van der Waals surface area contributed by atoms with E-state index in [1.165, 1.54) is 64.2 Å². The van der Waals surface area contributed by atoms with Gasteiger partial charge in [0.05, 0.1) is 0 Å². The van der Waals surface area contributed by atoms with E-state index in [9.17, 15) is 0 Å². The molecule has 0 saturated heterocycles. The Labute approximate surface area is 151 Å². The standard InChI is InChI=1S/C22H40OSi/c1-21-12-8-10-17(21)20-18(11-14-21)22(2)13-7-6-9-16(22)15-19(20)23-24(3,4)5/h16-20H,6-15H2,1-5H3/t16-,17+,18+,19-,20+,21+,22+/m1/s1. The fraction of sp³-hybridized carbons (Fsp3) is 1.00. The molecule has 0 aromatic carbocycles. The van der Waals surface area contributed by atoms with Gasteiger partial charge in [0.25, 0.3) is 0 Å². The lowest BCUT2D eigenvalue weighted by molar-refractivity contribution is -0.152. The minimum Gasteiger partial charge on any atom is -0.414 e. The molecule has 0 heterocycles. The molecule has 0 amide bonds. The van der Waals surface area contributed by atoms with Crippen molar-refractivity contribution in [2.24, 2.45) is 34.5 Å². The van der Waals surface area contributed by atoms with Gasteiger partial charge in [-0.25, -0.2) is 0 Å². The summed E-state index contributed by atoms with van der Waals surface area (Å²) in [6, 6.07) is 0. The quantitative estimate of drug-likeness (QED) is 0.508. The van der Waals surface area contributed by atoms with Gasteiger partial charge in [-0.3, -0.25) is 0 Å². The lowest BCUT2D eigenvalue weighted by Gasteiger charge is -2.62. The summed E-state index contributed by atoms with van der Waals surface area (Å²) in [7, 11) is -1.47. The van der Waals surface area contributed by atoms with Crippen molar-refractivity contribution >= 4 is 8.32 Å². The topological polar surface area (TPSA) is 9.23 Å². The minimum atomic E-state index is -1.47. The van der Waals surface area contributed by atoms with Crippen LogP contribution in [0.4, 0.5) is 0 Å². The summed E-state index contributed by atoms with van der Waals surface area (Å²) in [6.45, 7) is 12.5. The van der Waals surface area contributed by atoms with Crippen LogP contribution in [0, 0.1) is 34.5 Å². The normalized spacial score (nSPS) is 51.6. The van der Waals surface area contributed by atoms with Gasteiger partial charge in [0.2, 0.25) is 0 Å². The molecule has 0 bridgehead atoms. The highest BCUT2D eigenvalue weighted by Gasteiger charge is 2.60. The first-order valence-electron chi connectivity index (χ1n) is 10.9. The first kappa shape index (κ1) is 17.6. The Morgan fingerprint density at radius 1 is 0.833 bits per heavy atom. The van der Waals surface area contributed by atoms with E-state index in [4.69, 9.17) is 4.43 Å². The molecule has 24 heavy (non-hydrogen) atoms. The summed E-state index contributed by atoms with van der Waals surface area (Å²) in [5.41, 5.74) is 1.27. The molecule has 4 saturated carbocycles. The van der Waals surface area contributed by atoms with E-state index in [2.05, 4.69) is 33.5 Å². The third-order valence-corrected chi connectivity index (χ3v) is 9.87. The highest BCUT2D eigenvalue weighted by Crippen LogP contribution is 2.66. The molecule has 0 aromatic heterocycles. The first-order valence-corrected chi connectivity index (χ1v) is 14.3. The Bertz CT molecular complexity index is 483. The van der Waals surface area contributed by atoms with Crippen LogP contribution in [-0.4, -0.2) is 14.4 Å². The maximum atomic E-state index is 6.93. The predicted molar refractivity (Wildman–Crippen MR) is 105 cm³/mol. The summed E-state index contributed by atoms with van der Waals surface area (Å²) < 4.78 is 6.93. The molecule has 4 rings (SSSR count). The van der Waals surface area contributed by atoms with Crippen molar-refractivity contribution in [3.8, 4) is 0 Å². The highest BCUT2D eigenvalue weighted by atomic mass is 28.4. The van der Waals surface area contributed by atoms with Crippen molar-refractivity contribution in [2.45, 2.75) is 104 Å². The predicted octanol–water partition coefficient (Wildman–Crippen LogP) is 6.64. The van der Waals surface area contributed by atoms with E-state index in [1.807, 2.05) is 0 Å². The molecule has 0 aliphatic heterocycles. The van der Waals surface area contributed by atoms with Crippen LogP contribution in [0.1, 0.15) is 78.1 Å². The summed E-state index contributed by atoms with van der Waals surface area (Å²) in [5, 5.41) is 0. The van der Waals surface area contributed by atoms with Crippen LogP contribution in [0.3, 0.4) is 0 Å². The van der Waals surface area contributed by atoms with Crippen molar-refractivity contribution in [1.82, 2.24) is 0 Å². The molecule has 0 N–H and O–H groups in total. The van der Waals surface area contributed by atoms with Gasteiger partial charge in [-0.15, -0.1) is 0 Å². The zero-order valence-electron chi connectivity index (χ0n) is 16.9. The molecule has 0 spiro atoms. The van der Waals surface area contributed by atoms with E-state index in [0.29, 0.717) is 16.9 Å². The Balaban J connectivity index is 1.70. The van der Waals surface area contributed by atoms with Crippen LogP contribution >= 0.6 is 0 Å². The van der Waals surface area contributed by atoms with Crippen molar-refractivity contribution in [1.29, 1.82) is 0 Å². The zero-order valence-corrected chi connectivity index (χ0v) is 17.9. The second-order valence-electron chi connectivity index (χ2n) is 11.3. The van der Waals surface area contributed by atoms with Gasteiger partial charge in [-0.05, 0) is 99.1 Å². The molecule has 4 fully saturated rings. The molecule has 138 valence electrons. The summed E-state index contributed by atoms with van der Waals surface area (Å²) >= 11 is 0. The molecule has 7 atom stereocenters. The van der Waals surface area contributed by atoms with E-state index in [-0.39, 0.29) is 0 Å². The van der Waals surface area contributed by atoms with Gasteiger partial charge in [0.1, 0.15) is 0 Å². The van der Waals surface area contributed by atoms with Gasteiger partial charge >= 0.3 is 0 Å². The van der Waals surface area contributed by atoms with Crippen LogP contribution in [-0.2, 0) is 4.43 Å². The average molecular weight is 349 g/mol. The second kappa shape index (κ2) is 5.84. The van der Waals surface area contributed by atoms with Crippen LogP contribution in [0.5, 0.6) is 0 Å². The Kier molecular flexibility index (Phi) is 4.28. The lowest BCUT2D eigenvalue weighted by atomic mass is 9.45. The first-order chi connectivity index (χ1) is 11.2. The van der Waals surface area contributed by atoms with E-state index >= 15 is 0 Å². The second-order valence-corrected chi connectivity index (χ2v) is 15.8. The maximum absolute atomic E-state index is 6.93. The van der Waals surface area contributed by atoms with Crippen molar-refractivity contribution in [3.63, 3.8) is 0 Å². The monoisotopic (exact) mass is 348 g/mol. The Morgan fingerprint density at radius 2 is 1.62 bits per heavy atom. The number of hydrogen-bond donors (Lipinski definition) is 0. The van der Waals surface area contributed by atoms with E-state index < -0.39 is 8.32 Å². The molecule has 0 aromatic rings. The third-order valence-electron chi connectivity index (χ3n) is 8.86. The molecule has 0 unspecified atom stereocenters. The fourth-order valence-electron chi connectivity index (χ4n) is 7.80. The number of hydrogen-bond acceptors (Lipinski definition) is 1. The summed E-state index contributed by atoms with van der Waals surface area (Å²) in [4.78, 5) is 0. The van der Waals surface area contributed by atoms with Crippen molar-refractivity contribution in [2.75, 3.05) is 0 Å². The summed E-state index contributed by atoms with van der Waals surface area (Å²) in [5.74, 6) is 3.73. The maximum Gasteiger partial charge on any atom is 0.184 e. The molecule has 2 heteroatoms. The Morgan fingerprint density at radius 3 is 2.38 bits per heavy atom. The van der Waals surface area contributed by atoms with Crippen LogP contribution < -0.4 is 0 Å². The third kappa shape index (κ3) is 2.75. The van der Waals surface area contributed by atoms with Crippen molar-refractivity contribution < 1.29 is 4.43 Å². The minimum absolute atomic E-state index is 0.584. The van der Waals surface area contributed by atoms with Crippen LogP contribution in [0.15, 0.2) is 0 Å². The number of fused-ring (bicyclic) bond motifs is 5. The SMILES string of the molecule is C[C@@]12CCC[C@H]1[C@@H]1[C@H](O[Si](C)(C)C)C[C@H]3CCCC[C@]3(C)[C@H]1CC2. The van der Waals surface area contributed by atoms with Crippen LogP contribution in [0.2, 0.25) is 19.6 Å². The fourth-order valence-corrected chi connectivity index (χ4v) is 8.96. The molecular formula is C22H40OSi. The molecule has 4 aliphatic rings. The van der Waals surface area contributed by atoms with Crippen LogP contribution in [0.25, 0.3) is 0 Å². The largest absolute Gasteiger partial charge is 0.414 e. The zero-order chi connectivity index (χ0) is 17.2. The smallest absolute Gasteiger partial charge is 0.184 e. The van der Waals surface area contributed by atoms with Gasteiger partial charge in [-0.1, -0.05) is 33.1 Å². The Hall–Kier alpha value is 0.177. The molecule has 0 radical (unpaired) electrons. The lowest BCUT2D eigenvalue weighted by Crippen LogP contribution is -2.58. The van der Waals surface area contributed by atoms with Gasteiger partial charge in [0.15, 0.2) is 8.32 Å². The van der Waals surface area contributed by atoms with Gasteiger partial charge < -0.3 is 4.43 Å². The average Bonchev–Trinajstić information content (AvgIpc) is 2.88. The number of rotatable bonds is 2. The summed E-state index contributed by atoms with van der Waals surface area (Å²) in [6.07, 6.45) is 15.4. The highest BCUT2D eigenvalue weighted by molar-refractivity contribution is 6.69. The van der Waals surface area contributed by atoms with E-state index in [1.54, 1.807) is 0 Å². The van der Waals surface area contributed by atoms with Gasteiger partial charge in [0, 0.05) is 6.10 Å². The molecule has 4 aliphatic carbocycles. The molecular weight excluding hydrogens is 308 g/mol. The van der Waals surface area contributed by atoms with Gasteiger partial charge in [-0.2, -0.15) is 0 Å². The van der Waals surface area contributed by atoms with Crippen molar-refractivity contribution in [3.05, 3.63) is 0 Å².